The van der Waals surface area contributed by atoms with Crippen molar-refractivity contribution in [3.05, 3.63) is 89.5 Å². The molecule has 4 rings (SSSR count). The van der Waals surface area contributed by atoms with Gasteiger partial charge in [-0.25, -0.2) is 8.42 Å². The Hall–Kier alpha value is -4.24. The van der Waals surface area contributed by atoms with Crippen LogP contribution in [0.25, 0.3) is 0 Å². The van der Waals surface area contributed by atoms with Crippen molar-refractivity contribution in [2.75, 3.05) is 23.8 Å². The molecule has 0 aliphatic carbocycles. The van der Waals surface area contributed by atoms with E-state index in [2.05, 4.69) is 10.1 Å². The van der Waals surface area contributed by atoms with Gasteiger partial charge in [0.1, 0.15) is 11.9 Å². The number of benzene rings is 3. The van der Waals surface area contributed by atoms with Gasteiger partial charge in [0.15, 0.2) is 9.84 Å². The van der Waals surface area contributed by atoms with Crippen LogP contribution in [0.15, 0.2) is 77.7 Å². The molecule has 46 heavy (non-hydrogen) atoms. The fourth-order valence-electron chi connectivity index (χ4n) is 5.08. The van der Waals surface area contributed by atoms with Gasteiger partial charge in [-0.2, -0.15) is 22.0 Å². The van der Waals surface area contributed by atoms with Crippen molar-refractivity contribution < 1.29 is 54.5 Å². The third-order valence-electron chi connectivity index (χ3n) is 7.44. The molecule has 0 bridgehead atoms. The Kier molecular flexibility index (Phi) is 10.9. The summed E-state index contributed by atoms with van der Waals surface area (Å²) in [4.78, 5) is 26.4. The maximum absolute atomic E-state index is 13.1. The molecule has 3 atom stereocenters. The fourth-order valence-corrected chi connectivity index (χ4v) is 5.96. The maximum atomic E-state index is 13.1. The van der Waals surface area contributed by atoms with Crippen LogP contribution in [-0.4, -0.2) is 63.1 Å². The SMILES string of the molecule is CCS(=O)(=O)c1ccc([C@H](CC(=O)O)NC(=O)c2ccc(N3C[C@@H](Oc4ccc(C(F)(F)F)cc4)C[C@H]3COC(F)F)cc2)cc1. The Labute approximate surface area is 261 Å². The van der Waals surface area contributed by atoms with E-state index >= 15 is 0 Å². The highest BCUT2D eigenvalue weighted by Gasteiger charge is 2.35. The Bertz CT molecular complexity index is 1600. The van der Waals surface area contributed by atoms with Crippen LogP contribution in [0.4, 0.5) is 27.6 Å². The van der Waals surface area contributed by atoms with Crippen molar-refractivity contribution >= 4 is 27.4 Å². The van der Waals surface area contributed by atoms with Crippen LogP contribution >= 0.6 is 0 Å². The monoisotopic (exact) mass is 670 g/mol. The molecular weight excluding hydrogens is 639 g/mol. The normalized spacial score (nSPS) is 17.6. The van der Waals surface area contributed by atoms with Crippen LogP contribution in [0.1, 0.15) is 47.3 Å². The summed E-state index contributed by atoms with van der Waals surface area (Å²) in [6.45, 7) is -1.69. The highest BCUT2D eigenvalue weighted by atomic mass is 32.2. The highest BCUT2D eigenvalue weighted by Crippen LogP contribution is 2.33. The molecule has 0 aromatic heterocycles. The predicted octanol–water partition coefficient (Wildman–Crippen LogP) is 5.71. The molecule has 1 fully saturated rings. The Morgan fingerprint density at radius 3 is 2.17 bits per heavy atom. The molecule has 1 aliphatic heterocycles. The molecule has 1 heterocycles. The summed E-state index contributed by atoms with van der Waals surface area (Å²) in [5, 5.41) is 12.1. The zero-order chi connectivity index (χ0) is 33.6. The second-order valence-corrected chi connectivity index (χ2v) is 12.8. The lowest BCUT2D eigenvalue weighted by atomic mass is 10.0. The van der Waals surface area contributed by atoms with Crippen LogP contribution in [0.2, 0.25) is 0 Å². The number of rotatable bonds is 13. The number of carbonyl (C=O) groups is 2. The van der Waals surface area contributed by atoms with Gasteiger partial charge in [-0.3, -0.25) is 9.59 Å². The minimum absolute atomic E-state index is 0.0703. The molecule has 1 aliphatic rings. The Morgan fingerprint density at radius 2 is 1.63 bits per heavy atom. The van der Waals surface area contributed by atoms with E-state index in [0.717, 1.165) is 12.1 Å². The van der Waals surface area contributed by atoms with Gasteiger partial charge in [0.25, 0.3) is 5.91 Å². The number of carbonyl (C=O) groups excluding carboxylic acids is 1. The number of hydrogen-bond donors (Lipinski definition) is 2. The average molecular weight is 671 g/mol. The summed E-state index contributed by atoms with van der Waals surface area (Å²) in [5.41, 5.74) is 0.254. The first-order valence-electron chi connectivity index (χ1n) is 14.1. The number of halogens is 5. The van der Waals surface area contributed by atoms with E-state index < -0.39 is 64.7 Å². The zero-order valence-corrected chi connectivity index (χ0v) is 25.2. The predicted molar refractivity (Wildman–Crippen MR) is 157 cm³/mol. The number of amides is 1. The van der Waals surface area contributed by atoms with Crippen molar-refractivity contribution in [3.8, 4) is 5.75 Å². The molecule has 0 radical (unpaired) electrons. The van der Waals surface area contributed by atoms with Gasteiger partial charge in [0.05, 0.1) is 47.9 Å². The first kappa shape index (κ1) is 34.6. The number of carboxylic acid groups (broad SMARTS) is 1. The van der Waals surface area contributed by atoms with Crippen molar-refractivity contribution in [2.45, 2.75) is 55.6 Å². The van der Waals surface area contributed by atoms with Gasteiger partial charge in [-0.1, -0.05) is 19.1 Å². The van der Waals surface area contributed by atoms with Gasteiger partial charge >= 0.3 is 18.8 Å². The Morgan fingerprint density at radius 1 is 1.00 bits per heavy atom. The Balaban J connectivity index is 1.47. The van der Waals surface area contributed by atoms with Gasteiger partial charge in [0, 0.05) is 17.7 Å². The quantitative estimate of drug-likeness (QED) is 0.222. The van der Waals surface area contributed by atoms with E-state index in [0.29, 0.717) is 11.3 Å². The third-order valence-corrected chi connectivity index (χ3v) is 9.19. The molecule has 3 aromatic carbocycles. The lowest BCUT2D eigenvalue weighted by molar-refractivity contribution is -0.138. The molecule has 0 unspecified atom stereocenters. The fraction of sp³-hybridized carbons (Fsp3) is 0.355. The second kappa shape index (κ2) is 14.5. The van der Waals surface area contributed by atoms with Crippen LogP contribution in [-0.2, 0) is 25.5 Å². The van der Waals surface area contributed by atoms with E-state index in [1.807, 2.05) is 0 Å². The van der Waals surface area contributed by atoms with Gasteiger partial charge in [-0.15, -0.1) is 0 Å². The number of aliphatic carboxylic acids is 1. The summed E-state index contributed by atoms with van der Waals surface area (Å²) >= 11 is 0. The molecule has 1 amide bonds. The van der Waals surface area contributed by atoms with Crippen LogP contribution in [0.5, 0.6) is 5.75 Å². The van der Waals surface area contributed by atoms with Crippen LogP contribution < -0.4 is 15.0 Å². The summed E-state index contributed by atoms with van der Waals surface area (Å²) < 4.78 is 99.1. The molecule has 2 N–H and O–H groups in total. The number of hydrogen-bond acceptors (Lipinski definition) is 7. The van der Waals surface area contributed by atoms with Crippen molar-refractivity contribution in [2.24, 2.45) is 0 Å². The largest absolute Gasteiger partial charge is 0.489 e. The third kappa shape index (κ3) is 8.94. The van der Waals surface area contributed by atoms with E-state index in [4.69, 9.17) is 4.74 Å². The van der Waals surface area contributed by atoms with Crippen LogP contribution in [0.3, 0.4) is 0 Å². The van der Waals surface area contributed by atoms with E-state index in [1.54, 1.807) is 17.0 Å². The van der Waals surface area contributed by atoms with E-state index in [1.165, 1.54) is 55.5 Å². The van der Waals surface area contributed by atoms with Crippen molar-refractivity contribution in [3.63, 3.8) is 0 Å². The van der Waals surface area contributed by atoms with Crippen molar-refractivity contribution in [1.82, 2.24) is 5.32 Å². The molecule has 0 saturated carbocycles. The molecule has 248 valence electrons. The number of sulfone groups is 1. The minimum atomic E-state index is -4.51. The number of nitrogens with zero attached hydrogens (tertiary/aromatic N) is 1. The average Bonchev–Trinajstić information content (AvgIpc) is 3.41. The number of nitrogens with one attached hydrogen (secondary N) is 1. The molecule has 9 nitrogen and oxygen atoms in total. The molecule has 15 heteroatoms. The first-order valence-corrected chi connectivity index (χ1v) is 15.8. The van der Waals surface area contributed by atoms with E-state index in [-0.39, 0.29) is 41.5 Å². The lowest BCUT2D eigenvalue weighted by Gasteiger charge is -2.26. The smallest absolute Gasteiger partial charge is 0.416 e. The minimum Gasteiger partial charge on any atom is -0.489 e. The van der Waals surface area contributed by atoms with Gasteiger partial charge in [0.2, 0.25) is 0 Å². The summed E-state index contributed by atoms with van der Waals surface area (Å²) in [6.07, 6.45) is -5.32. The van der Waals surface area contributed by atoms with Crippen LogP contribution in [0, 0.1) is 0 Å². The molecule has 3 aromatic rings. The highest BCUT2D eigenvalue weighted by molar-refractivity contribution is 7.91. The number of anilines is 1. The summed E-state index contributed by atoms with van der Waals surface area (Å²) in [5.74, 6) is -1.73. The topological polar surface area (TPSA) is 122 Å². The second-order valence-electron chi connectivity index (χ2n) is 10.5. The standard InChI is InChI=1S/C31H31F5N2O7S/c1-2-46(42,43)26-13-5-19(6-14-26)27(16-28(39)40)37-29(41)20-3-9-22(10-4-20)38-17-25(15-23(38)18-44-30(32)33)45-24-11-7-21(8-12-24)31(34,35)36/h3-14,23,25,27,30H,2,15-18H2,1H3,(H,37,41)(H,39,40)/t23-,25-,27-/m0/s1. The van der Waals surface area contributed by atoms with Crippen molar-refractivity contribution in [1.29, 1.82) is 0 Å². The van der Waals surface area contributed by atoms with E-state index in [9.17, 15) is 45.1 Å². The molecule has 1 saturated heterocycles. The summed E-state index contributed by atoms with van der Waals surface area (Å²) in [6, 6.07) is 14.2. The number of carboxylic acids is 1. The molecular formula is C31H31F5N2O7S. The lowest BCUT2D eigenvalue weighted by Crippen LogP contribution is -2.34. The summed E-state index contributed by atoms with van der Waals surface area (Å²) in [7, 11) is -3.48. The number of alkyl halides is 5. The zero-order valence-electron chi connectivity index (χ0n) is 24.4. The van der Waals surface area contributed by atoms with Gasteiger partial charge in [-0.05, 0) is 66.2 Å². The first-order chi connectivity index (χ1) is 21.7. The van der Waals surface area contributed by atoms with Gasteiger partial charge < -0.3 is 24.8 Å². The molecule has 0 spiro atoms. The maximum Gasteiger partial charge on any atom is 0.416 e. The number of ether oxygens (including phenoxy) is 2.